The summed E-state index contributed by atoms with van der Waals surface area (Å²) < 4.78 is 7.27. The van der Waals surface area contributed by atoms with Crippen LogP contribution in [0.25, 0.3) is 16.2 Å². The highest BCUT2D eigenvalue weighted by molar-refractivity contribution is 7.17. The Balaban J connectivity index is 1.23. The lowest BCUT2D eigenvalue weighted by Gasteiger charge is -2.14. The zero-order chi connectivity index (χ0) is 25.4. The second-order valence-corrected chi connectivity index (χ2v) is 10.6. The fourth-order valence-corrected chi connectivity index (χ4v) is 5.19. The van der Waals surface area contributed by atoms with Crippen LogP contribution in [-0.4, -0.2) is 39.7 Å². The van der Waals surface area contributed by atoms with Crippen LogP contribution in [0.1, 0.15) is 24.8 Å². The molecule has 10 heteroatoms. The number of amides is 1. The van der Waals surface area contributed by atoms with Crippen molar-refractivity contribution in [1.29, 1.82) is 0 Å². The molecule has 1 aliphatic carbocycles. The molecule has 188 valence electrons. The first-order valence-corrected chi connectivity index (χ1v) is 13.2. The maximum absolute atomic E-state index is 12.8. The molecule has 6 rings (SSSR count). The Bertz CT molecular complexity index is 1530. The van der Waals surface area contributed by atoms with E-state index in [4.69, 9.17) is 16.3 Å². The first-order chi connectivity index (χ1) is 18.0. The second-order valence-electron chi connectivity index (χ2n) is 9.20. The number of benzene rings is 2. The van der Waals surface area contributed by atoms with Crippen LogP contribution >= 0.6 is 22.9 Å². The van der Waals surface area contributed by atoms with Gasteiger partial charge >= 0.3 is 0 Å². The van der Waals surface area contributed by atoms with E-state index in [0.29, 0.717) is 65.0 Å². The number of hydrogen-bond donors (Lipinski definition) is 4. The van der Waals surface area contributed by atoms with Crippen LogP contribution < -0.4 is 20.7 Å². The molecule has 0 bridgehead atoms. The Hall–Kier alpha value is -3.66. The number of nitrogens with one attached hydrogen (secondary N) is 3. The van der Waals surface area contributed by atoms with Gasteiger partial charge in [-0.25, -0.2) is 9.97 Å². The van der Waals surface area contributed by atoms with Crippen LogP contribution in [0.3, 0.4) is 0 Å². The van der Waals surface area contributed by atoms with Gasteiger partial charge in [0.2, 0.25) is 5.91 Å². The highest BCUT2D eigenvalue weighted by Gasteiger charge is 2.40. The molecule has 4 N–H and O–H groups in total. The van der Waals surface area contributed by atoms with Gasteiger partial charge in [0.1, 0.15) is 29.5 Å². The largest absolute Gasteiger partial charge is 0.455 e. The number of aromatic nitrogens is 2. The molecule has 2 aromatic carbocycles. The number of nitrogens with zero attached hydrogens (tertiary/aromatic N) is 2. The van der Waals surface area contributed by atoms with E-state index in [0.717, 1.165) is 15.8 Å². The SMILES string of the molecule is O=C(NCC1(O)CC1)C1=Cc2c(ncnc2Nc2ccc(Oc3cccc4sccc34)c(Cl)c2)NCC1. The normalized spacial score (nSPS) is 15.7. The third kappa shape index (κ3) is 5.11. The van der Waals surface area contributed by atoms with Crippen molar-refractivity contribution in [3.63, 3.8) is 0 Å². The Labute approximate surface area is 222 Å². The first-order valence-electron chi connectivity index (χ1n) is 12.0. The lowest BCUT2D eigenvalue weighted by atomic mass is 10.1. The molecule has 0 radical (unpaired) electrons. The summed E-state index contributed by atoms with van der Waals surface area (Å²) in [6.07, 6.45) is 5.22. The van der Waals surface area contributed by atoms with Crippen molar-refractivity contribution in [2.45, 2.75) is 24.9 Å². The van der Waals surface area contributed by atoms with E-state index in [1.807, 2.05) is 35.7 Å². The van der Waals surface area contributed by atoms with E-state index >= 15 is 0 Å². The summed E-state index contributed by atoms with van der Waals surface area (Å²) in [5, 5.41) is 23.0. The molecule has 0 atom stereocenters. The Morgan fingerprint density at radius 1 is 1.19 bits per heavy atom. The third-order valence-electron chi connectivity index (χ3n) is 6.46. The number of aliphatic hydroxyl groups is 1. The average molecular weight is 534 g/mol. The Morgan fingerprint density at radius 2 is 2.08 bits per heavy atom. The molecule has 1 amide bonds. The maximum atomic E-state index is 12.8. The lowest BCUT2D eigenvalue weighted by molar-refractivity contribution is -0.118. The summed E-state index contributed by atoms with van der Waals surface area (Å²) in [5.74, 6) is 2.27. The molecule has 8 nitrogen and oxygen atoms in total. The van der Waals surface area contributed by atoms with Crippen LogP contribution in [0.5, 0.6) is 11.5 Å². The van der Waals surface area contributed by atoms with Crippen LogP contribution in [0.4, 0.5) is 17.3 Å². The number of anilines is 3. The molecule has 0 spiro atoms. The zero-order valence-electron chi connectivity index (χ0n) is 19.8. The van der Waals surface area contributed by atoms with Gasteiger partial charge in [0.25, 0.3) is 0 Å². The Morgan fingerprint density at radius 3 is 2.92 bits per heavy atom. The monoisotopic (exact) mass is 533 g/mol. The number of carbonyl (C=O) groups is 1. The quantitative estimate of drug-likeness (QED) is 0.240. The van der Waals surface area contributed by atoms with Gasteiger partial charge in [-0.15, -0.1) is 11.3 Å². The number of halogens is 1. The third-order valence-corrected chi connectivity index (χ3v) is 7.63. The van der Waals surface area contributed by atoms with E-state index in [1.54, 1.807) is 23.5 Å². The first kappa shape index (κ1) is 23.7. The molecule has 3 heterocycles. The average Bonchev–Trinajstić information content (AvgIpc) is 3.51. The van der Waals surface area contributed by atoms with Gasteiger partial charge in [0.15, 0.2) is 0 Å². The van der Waals surface area contributed by atoms with Gasteiger partial charge in [-0.05, 0) is 67.1 Å². The summed E-state index contributed by atoms with van der Waals surface area (Å²) in [4.78, 5) is 21.6. The minimum Gasteiger partial charge on any atom is -0.455 e. The summed E-state index contributed by atoms with van der Waals surface area (Å²) in [7, 11) is 0. The van der Waals surface area contributed by atoms with Gasteiger partial charge < -0.3 is 25.8 Å². The second kappa shape index (κ2) is 9.66. The fraction of sp³-hybridized carbons (Fsp3) is 0.222. The van der Waals surface area contributed by atoms with Crippen LogP contribution in [0, 0.1) is 0 Å². The molecule has 2 aromatic heterocycles. The molecular formula is C27H24ClN5O3S. The summed E-state index contributed by atoms with van der Waals surface area (Å²) in [6.45, 7) is 0.815. The van der Waals surface area contributed by atoms with Gasteiger partial charge in [0, 0.05) is 34.4 Å². The molecule has 37 heavy (non-hydrogen) atoms. The Kier molecular flexibility index (Phi) is 6.19. The predicted molar refractivity (Wildman–Crippen MR) is 147 cm³/mol. The van der Waals surface area contributed by atoms with Gasteiger partial charge in [-0.3, -0.25) is 4.79 Å². The summed E-state index contributed by atoms with van der Waals surface area (Å²) >= 11 is 8.25. The number of fused-ring (bicyclic) bond motifs is 2. The van der Waals surface area contributed by atoms with Crippen molar-refractivity contribution in [2.24, 2.45) is 0 Å². The highest BCUT2D eigenvalue weighted by atomic mass is 35.5. The maximum Gasteiger partial charge on any atom is 0.247 e. The summed E-state index contributed by atoms with van der Waals surface area (Å²) in [5.41, 5.74) is 1.23. The van der Waals surface area contributed by atoms with E-state index in [-0.39, 0.29) is 12.5 Å². The summed E-state index contributed by atoms with van der Waals surface area (Å²) in [6, 6.07) is 13.4. The molecule has 2 aliphatic rings. The van der Waals surface area contributed by atoms with Crippen LogP contribution in [0.15, 0.2) is 59.7 Å². The van der Waals surface area contributed by atoms with Crippen molar-refractivity contribution in [3.05, 3.63) is 70.3 Å². The predicted octanol–water partition coefficient (Wildman–Crippen LogP) is 5.72. The molecule has 0 saturated heterocycles. The van der Waals surface area contributed by atoms with Crippen molar-refractivity contribution in [3.8, 4) is 11.5 Å². The number of thiophene rings is 1. The zero-order valence-corrected chi connectivity index (χ0v) is 21.3. The van der Waals surface area contributed by atoms with Crippen LogP contribution in [0.2, 0.25) is 5.02 Å². The van der Waals surface area contributed by atoms with Crippen molar-refractivity contribution >= 4 is 62.3 Å². The van der Waals surface area contributed by atoms with E-state index in [2.05, 4.69) is 32.0 Å². The molecule has 1 saturated carbocycles. The van der Waals surface area contributed by atoms with Crippen molar-refractivity contribution < 1.29 is 14.6 Å². The fourth-order valence-electron chi connectivity index (χ4n) is 4.17. The van der Waals surface area contributed by atoms with E-state index in [1.165, 1.54) is 6.33 Å². The molecule has 0 unspecified atom stereocenters. The molecular weight excluding hydrogens is 510 g/mol. The topological polar surface area (TPSA) is 108 Å². The standard InChI is InChI=1S/C27H24ClN5O3S/c28-20-13-17(4-5-22(20)36-21-2-1-3-23-18(21)7-11-37-23)33-25-19-12-16(6-10-29-24(19)31-15-32-25)26(34)30-14-27(35)8-9-27/h1-5,7,11-13,15,35H,6,8-10,14H2,(H,30,34)(H2,29,31,32,33). The van der Waals surface area contributed by atoms with Gasteiger partial charge in [-0.2, -0.15) is 0 Å². The van der Waals surface area contributed by atoms with Crippen molar-refractivity contribution in [2.75, 3.05) is 23.7 Å². The van der Waals surface area contributed by atoms with Crippen molar-refractivity contribution in [1.82, 2.24) is 15.3 Å². The van der Waals surface area contributed by atoms with E-state index in [9.17, 15) is 9.90 Å². The smallest absolute Gasteiger partial charge is 0.247 e. The van der Waals surface area contributed by atoms with Crippen LogP contribution in [-0.2, 0) is 4.79 Å². The van der Waals surface area contributed by atoms with Gasteiger partial charge in [-0.1, -0.05) is 17.7 Å². The molecule has 1 fully saturated rings. The van der Waals surface area contributed by atoms with E-state index < -0.39 is 5.60 Å². The lowest BCUT2D eigenvalue weighted by Crippen LogP contribution is -2.34. The van der Waals surface area contributed by atoms with Gasteiger partial charge in [0.05, 0.1) is 16.2 Å². The number of rotatable bonds is 7. The molecule has 1 aliphatic heterocycles. The number of hydrogen-bond acceptors (Lipinski definition) is 8. The molecule has 4 aromatic rings. The minimum atomic E-state index is -0.752. The number of ether oxygens (including phenoxy) is 1. The number of carbonyl (C=O) groups excluding carboxylic acids is 1. The highest BCUT2D eigenvalue weighted by Crippen LogP contribution is 2.38. The minimum absolute atomic E-state index is 0.199.